The van der Waals surface area contributed by atoms with Crippen LogP contribution >= 0.6 is 0 Å². The topological polar surface area (TPSA) is 87.7 Å². The van der Waals surface area contributed by atoms with Crippen molar-refractivity contribution in [3.8, 4) is 0 Å². The van der Waals surface area contributed by atoms with Crippen LogP contribution in [0.15, 0.2) is 30.7 Å². The molecule has 6 heteroatoms. The van der Waals surface area contributed by atoms with E-state index in [1.165, 1.54) is 0 Å². The summed E-state index contributed by atoms with van der Waals surface area (Å²) in [6.07, 6.45) is 1.49. The molecule has 1 saturated heterocycles. The van der Waals surface area contributed by atoms with Gasteiger partial charge in [0.15, 0.2) is 6.23 Å². The lowest BCUT2D eigenvalue weighted by molar-refractivity contribution is -0.0506. The van der Waals surface area contributed by atoms with Gasteiger partial charge >= 0.3 is 0 Å². The van der Waals surface area contributed by atoms with Crippen LogP contribution in [-0.4, -0.2) is 49.8 Å². The summed E-state index contributed by atoms with van der Waals surface area (Å²) in [6, 6.07) is 3.73. The van der Waals surface area contributed by atoms with Crippen LogP contribution in [0.3, 0.4) is 0 Å². The molecule has 6 nitrogen and oxygen atoms in total. The molecule has 18 heavy (non-hydrogen) atoms. The predicted octanol–water partition coefficient (Wildman–Crippen LogP) is -0.352. The second kappa shape index (κ2) is 4.33. The summed E-state index contributed by atoms with van der Waals surface area (Å²) in [4.78, 5) is 4.03. The summed E-state index contributed by atoms with van der Waals surface area (Å²) >= 11 is 0. The van der Waals surface area contributed by atoms with Gasteiger partial charge in [0.1, 0.15) is 18.3 Å². The third kappa shape index (κ3) is 1.62. The van der Waals surface area contributed by atoms with E-state index in [0.717, 1.165) is 10.9 Å². The van der Waals surface area contributed by atoms with Crippen molar-refractivity contribution in [1.29, 1.82) is 0 Å². The van der Waals surface area contributed by atoms with Crippen molar-refractivity contribution in [1.82, 2.24) is 9.55 Å². The molecule has 1 fully saturated rings. The van der Waals surface area contributed by atoms with Crippen molar-refractivity contribution in [3.05, 3.63) is 30.7 Å². The standard InChI is InChI=1S/C12H14N2O4/c15-6-9-10(16)11(17)12(18-9)14-4-2-7-1-3-13-5-8(7)14/h1-5,9-12,15-17H,6H2/t9-,10-,11?,12-/m1/s1. The SMILES string of the molecule is OC[C@H]1O[C@@H](n2ccc3ccncc32)C(O)[C@@H]1O. The highest BCUT2D eigenvalue weighted by molar-refractivity contribution is 5.79. The molecule has 0 amide bonds. The third-order valence-corrected chi connectivity index (χ3v) is 3.32. The van der Waals surface area contributed by atoms with Crippen LogP contribution < -0.4 is 0 Å². The Labute approximate surface area is 103 Å². The first kappa shape index (κ1) is 11.6. The highest BCUT2D eigenvalue weighted by Gasteiger charge is 2.43. The molecule has 0 radical (unpaired) electrons. The van der Waals surface area contributed by atoms with Gasteiger partial charge < -0.3 is 24.6 Å². The molecule has 1 unspecified atom stereocenters. The molecule has 0 aromatic carbocycles. The highest BCUT2D eigenvalue weighted by Crippen LogP contribution is 2.31. The maximum atomic E-state index is 9.96. The fraction of sp³-hybridized carbons (Fsp3) is 0.417. The molecule has 0 spiro atoms. The summed E-state index contributed by atoms with van der Waals surface area (Å²) in [6.45, 7) is -0.327. The molecule has 3 heterocycles. The minimum Gasteiger partial charge on any atom is -0.394 e. The fourth-order valence-electron chi connectivity index (χ4n) is 2.33. The molecular weight excluding hydrogens is 236 g/mol. The first-order valence-corrected chi connectivity index (χ1v) is 5.75. The number of ether oxygens (including phenoxy) is 1. The van der Waals surface area contributed by atoms with Crippen LogP contribution in [0.1, 0.15) is 6.23 Å². The smallest absolute Gasteiger partial charge is 0.163 e. The molecule has 1 aliphatic rings. The van der Waals surface area contributed by atoms with E-state index in [4.69, 9.17) is 9.84 Å². The maximum Gasteiger partial charge on any atom is 0.163 e. The zero-order valence-electron chi connectivity index (χ0n) is 9.55. The number of hydrogen-bond acceptors (Lipinski definition) is 5. The molecule has 0 saturated carbocycles. The Kier molecular flexibility index (Phi) is 2.79. The first-order chi connectivity index (χ1) is 8.72. The summed E-state index contributed by atoms with van der Waals surface area (Å²) < 4.78 is 7.19. The minimum absolute atomic E-state index is 0.327. The molecule has 96 valence electrons. The van der Waals surface area contributed by atoms with E-state index in [0.29, 0.717) is 0 Å². The van der Waals surface area contributed by atoms with Gasteiger partial charge in [-0.15, -0.1) is 0 Å². The second-order valence-electron chi connectivity index (χ2n) is 4.39. The lowest BCUT2D eigenvalue weighted by atomic mass is 10.1. The number of aromatic nitrogens is 2. The Balaban J connectivity index is 2.00. The van der Waals surface area contributed by atoms with Crippen molar-refractivity contribution in [2.45, 2.75) is 24.5 Å². The molecular formula is C12H14N2O4. The van der Waals surface area contributed by atoms with Gasteiger partial charge in [-0.25, -0.2) is 0 Å². The Morgan fingerprint density at radius 2 is 2.11 bits per heavy atom. The lowest BCUT2D eigenvalue weighted by Crippen LogP contribution is -2.33. The van der Waals surface area contributed by atoms with Gasteiger partial charge in [0.05, 0.1) is 18.3 Å². The van der Waals surface area contributed by atoms with Crippen molar-refractivity contribution >= 4 is 10.9 Å². The zero-order chi connectivity index (χ0) is 12.7. The van der Waals surface area contributed by atoms with Crippen LogP contribution in [0, 0.1) is 0 Å². The average Bonchev–Trinajstić information content (AvgIpc) is 2.93. The van der Waals surface area contributed by atoms with Gasteiger partial charge in [-0.1, -0.05) is 0 Å². The lowest BCUT2D eigenvalue weighted by Gasteiger charge is -2.17. The number of pyridine rings is 1. The monoisotopic (exact) mass is 250 g/mol. The quantitative estimate of drug-likeness (QED) is 0.678. The van der Waals surface area contributed by atoms with Crippen molar-refractivity contribution < 1.29 is 20.1 Å². The molecule has 2 aromatic heterocycles. The van der Waals surface area contributed by atoms with Crippen molar-refractivity contribution in [2.24, 2.45) is 0 Å². The first-order valence-electron chi connectivity index (χ1n) is 5.75. The van der Waals surface area contributed by atoms with Gasteiger partial charge in [0.25, 0.3) is 0 Å². The zero-order valence-corrected chi connectivity index (χ0v) is 9.55. The molecule has 1 aliphatic heterocycles. The summed E-state index contributed by atoms with van der Waals surface area (Å²) in [5.41, 5.74) is 0.812. The number of hydrogen-bond donors (Lipinski definition) is 3. The molecule has 0 bridgehead atoms. The van der Waals surface area contributed by atoms with Crippen LogP contribution in [0.5, 0.6) is 0 Å². The summed E-state index contributed by atoms with van der Waals surface area (Å²) in [7, 11) is 0. The Hall–Kier alpha value is -1.47. The number of fused-ring (bicyclic) bond motifs is 1. The molecule has 3 N–H and O–H groups in total. The summed E-state index contributed by atoms with van der Waals surface area (Å²) in [5, 5.41) is 29.7. The Morgan fingerprint density at radius 3 is 2.83 bits per heavy atom. The third-order valence-electron chi connectivity index (χ3n) is 3.32. The van der Waals surface area contributed by atoms with Gasteiger partial charge in [-0.05, 0) is 12.1 Å². The van der Waals surface area contributed by atoms with E-state index in [-0.39, 0.29) is 6.61 Å². The Bertz CT molecular complexity index is 556. The van der Waals surface area contributed by atoms with Crippen molar-refractivity contribution in [3.63, 3.8) is 0 Å². The van der Waals surface area contributed by atoms with E-state index in [9.17, 15) is 10.2 Å². The largest absolute Gasteiger partial charge is 0.394 e. The van der Waals surface area contributed by atoms with Crippen LogP contribution in [0.4, 0.5) is 0 Å². The van der Waals surface area contributed by atoms with Gasteiger partial charge in [-0.2, -0.15) is 0 Å². The van der Waals surface area contributed by atoms with E-state index in [1.54, 1.807) is 23.2 Å². The van der Waals surface area contributed by atoms with E-state index in [1.807, 2.05) is 12.1 Å². The fourth-order valence-corrected chi connectivity index (χ4v) is 2.33. The van der Waals surface area contributed by atoms with Gasteiger partial charge in [-0.3, -0.25) is 4.98 Å². The predicted molar refractivity (Wildman–Crippen MR) is 62.7 cm³/mol. The highest BCUT2D eigenvalue weighted by atomic mass is 16.6. The number of nitrogens with zero attached hydrogens (tertiary/aromatic N) is 2. The molecule has 3 rings (SSSR count). The average molecular weight is 250 g/mol. The normalized spacial score (nSPS) is 32.2. The molecule has 0 aliphatic carbocycles. The van der Waals surface area contributed by atoms with Gasteiger partial charge in [0, 0.05) is 17.8 Å². The van der Waals surface area contributed by atoms with Crippen LogP contribution in [-0.2, 0) is 4.74 Å². The van der Waals surface area contributed by atoms with E-state index in [2.05, 4.69) is 4.98 Å². The van der Waals surface area contributed by atoms with E-state index >= 15 is 0 Å². The van der Waals surface area contributed by atoms with Gasteiger partial charge in [0.2, 0.25) is 0 Å². The summed E-state index contributed by atoms with van der Waals surface area (Å²) in [5.74, 6) is 0. The Morgan fingerprint density at radius 1 is 1.28 bits per heavy atom. The van der Waals surface area contributed by atoms with E-state index < -0.39 is 24.5 Å². The maximum absolute atomic E-state index is 9.96. The van der Waals surface area contributed by atoms with Crippen molar-refractivity contribution in [2.75, 3.05) is 6.61 Å². The number of aliphatic hydroxyl groups excluding tert-OH is 3. The van der Waals surface area contributed by atoms with Crippen LogP contribution in [0.25, 0.3) is 10.9 Å². The number of rotatable bonds is 2. The second-order valence-corrected chi connectivity index (χ2v) is 4.39. The minimum atomic E-state index is -1.09. The molecule has 4 atom stereocenters. The van der Waals surface area contributed by atoms with Crippen LogP contribution in [0.2, 0.25) is 0 Å². The number of aliphatic hydroxyl groups is 3. The molecule has 2 aromatic rings.